The summed E-state index contributed by atoms with van der Waals surface area (Å²) in [5, 5.41) is 0. The van der Waals surface area contributed by atoms with Gasteiger partial charge >= 0.3 is 0 Å². The molecule has 0 aliphatic rings. The van der Waals surface area contributed by atoms with E-state index in [1.807, 2.05) is 6.92 Å². The zero-order valence-corrected chi connectivity index (χ0v) is 6.67. The van der Waals surface area contributed by atoms with Gasteiger partial charge in [0.05, 0.1) is 0 Å². The monoisotopic (exact) mass is 155 g/mol. The van der Waals surface area contributed by atoms with Crippen molar-refractivity contribution in [2.24, 2.45) is 5.73 Å². The maximum Gasteiger partial charge on any atom is 0.219 e. The lowest BCUT2D eigenvalue weighted by atomic mass is 10.2. The van der Waals surface area contributed by atoms with Crippen LogP contribution < -0.4 is 5.73 Å². The van der Waals surface area contributed by atoms with Crippen LogP contribution in [-0.2, 0) is 9.59 Å². The molecule has 3 nitrogen and oxygen atoms in total. The second kappa shape index (κ2) is 5.65. The van der Waals surface area contributed by atoms with Crippen LogP contribution >= 0.6 is 0 Å². The number of aldehydes is 1. The topological polar surface area (TPSA) is 60.2 Å². The van der Waals surface area contributed by atoms with Crippen molar-refractivity contribution in [3.63, 3.8) is 0 Å². The zero-order valence-electron chi connectivity index (χ0n) is 6.67. The van der Waals surface area contributed by atoms with Gasteiger partial charge in [-0.3, -0.25) is 9.59 Å². The molecule has 0 radical (unpaired) electrons. The van der Waals surface area contributed by atoms with Gasteiger partial charge in [0, 0.05) is 11.8 Å². The van der Waals surface area contributed by atoms with Gasteiger partial charge in [0.15, 0.2) is 6.29 Å². The quantitative estimate of drug-likeness (QED) is 0.362. The van der Waals surface area contributed by atoms with E-state index >= 15 is 0 Å². The molecule has 0 rings (SSSR count). The summed E-state index contributed by atoms with van der Waals surface area (Å²) in [6, 6.07) is 0. The summed E-state index contributed by atoms with van der Waals surface area (Å²) in [5.74, 6) is -0.557. The lowest BCUT2D eigenvalue weighted by molar-refractivity contribution is -0.126. The summed E-state index contributed by atoms with van der Waals surface area (Å²) in [5.41, 5.74) is 5.91. The van der Waals surface area contributed by atoms with Crippen molar-refractivity contribution < 1.29 is 9.59 Å². The molecule has 62 valence electrons. The molecule has 0 amide bonds. The van der Waals surface area contributed by atoms with E-state index in [4.69, 9.17) is 5.73 Å². The Kier molecular flexibility index (Phi) is 5.07. The lowest BCUT2D eigenvalue weighted by Crippen LogP contribution is -2.02. The molecule has 0 aromatic rings. The minimum absolute atomic E-state index is 0.263. The van der Waals surface area contributed by atoms with Crippen molar-refractivity contribution in [3.05, 3.63) is 11.8 Å². The Balaban J connectivity index is 3.79. The zero-order chi connectivity index (χ0) is 8.69. The minimum atomic E-state index is -0.557. The van der Waals surface area contributed by atoms with Crippen LogP contribution in [-0.4, -0.2) is 12.1 Å². The average Bonchev–Trinajstić information content (AvgIpc) is 2.00. The van der Waals surface area contributed by atoms with Crippen LogP contribution in [0.2, 0.25) is 0 Å². The standard InChI is InChI=1S/C8H13NO2/c1-2-3-4-7(9)5-8(11)6-10/h5-6H,2-4,9H2,1H3. The van der Waals surface area contributed by atoms with Crippen LogP contribution in [0.4, 0.5) is 0 Å². The number of hydrogen-bond donors (Lipinski definition) is 1. The van der Waals surface area contributed by atoms with Gasteiger partial charge in [-0.05, 0) is 12.8 Å². The minimum Gasteiger partial charge on any atom is -0.402 e. The molecule has 0 aliphatic carbocycles. The Hall–Kier alpha value is -1.12. The number of carbonyl (C=O) groups excluding carboxylic acids is 2. The van der Waals surface area contributed by atoms with E-state index in [0.717, 1.165) is 12.8 Å². The number of allylic oxidation sites excluding steroid dienone is 2. The first kappa shape index (κ1) is 9.88. The number of unbranched alkanes of at least 4 members (excludes halogenated alkanes) is 1. The van der Waals surface area contributed by atoms with Gasteiger partial charge in [0.25, 0.3) is 0 Å². The largest absolute Gasteiger partial charge is 0.402 e. The highest BCUT2D eigenvalue weighted by atomic mass is 16.2. The summed E-state index contributed by atoms with van der Waals surface area (Å²) in [4.78, 5) is 20.3. The van der Waals surface area contributed by atoms with Crippen LogP contribution in [0.1, 0.15) is 26.2 Å². The number of ketones is 1. The maximum absolute atomic E-state index is 10.5. The molecule has 0 fully saturated rings. The van der Waals surface area contributed by atoms with Crippen LogP contribution in [0.15, 0.2) is 11.8 Å². The number of hydrogen-bond acceptors (Lipinski definition) is 3. The predicted octanol–water partition coefficient (Wildman–Crippen LogP) is 0.787. The van der Waals surface area contributed by atoms with Crippen molar-refractivity contribution in [3.8, 4) is 0 Å². The molecule has 0 aliphatic heterocycles. The van der Waals surface area contributed by atoms with E-state index in [2.05, 4.69) is 0 Å². The third-order valence-electron chi connectivity index (χ3n) is 1.26. The Morgan fingerprint density at radius 1 is 1.55 bits per heavy atom. The average molecular weight is 155 g/mol. The van der Waals surface area contributed by atoms with Gasteiger partial charge < -0.3 is 5.73 Å². The molecule has 0 aromatic heterocycles. The summed E-state index contributed by atoms with van der Waals surface area (Å²) in [6.45, 7) is 2.04. The number of carbonyl (C=O) groups is 2. The molecule has 0 spiro atoms. The van der Waals surface area contributed by atoms with Crippen LogP contribution in [0.5, 0.6) is 0 Å². The molecular formula is C8H13NO2. The fourth-order valence-electron chi connectivity index (χ4n) is 0.670. The molecule has 0 atom stereocenters. The molecule has 0 saturated carbocycles. The van der Waals surface area contributed by atoms with E-state index in [1.54, 1.807) is 0 Å². The Bertz CT molecular complexity index is 173. The first-order chi connectivity index (χ1) is 5.20. The number of nitrogens with two attached hydrogens (primary N) is 1. The highest BCUT2D eigenvalue weighted by Gasteiger charge is 1.95. The van der Waals surface area contributed by atoms with Gasteiger partial charge in [-0.25, -0.2) is 0 Å². The smallest absolute Gasteiger partial charge is 0.219 e. The fraction of sp³-hybridized carbons (Fsp3) is 0.500. The highest BCUT2D eigenvalue weighted by molar-refractivity contribution is 6.30. The third kappa shape index (κ3) is 5.33. The van der Waals surface area contributed by atoms with Crippen LogP contribution in [0.3, 0.4) is 0 Å². The lowest BCUT2D eigenvalue weighted by Gasteiger charge is -1.96. The second-order valence-corrected chi connectivity index (χ2v) is 2.34. The molecule has 2 N–H and O–H groups in total. The van der Waals surface area contributed by atoms with Gasteiger partial charge in [-0.2, -0.15) is 0 Å². The van der Waals surface area contributed by atoms with Gasteiger partial charge in [0.1, 0.15) is 0 Å². The molecule has 0 heterocycles. The SMILES string of the molecule is CCCCC(N)=CC(=O)C=O. The molecule has 0 bridgehead atoms. The van der Waals surface area contributed by atoms with E-state index in [1.165, 1.54) is 6.08 Å². The van der Waals surface area contributed by atoms with E-state index in [0.29, 0.717) is 12.1 Å². The molecule has 11 heavy (non-hydrogen) atoms. The first-order valence-corrected chi connectivity index (χ1v) is 3.66. The molecule has 0 saturated heterocycles. The van der Waals surface area contributed by atoms with Crippen molar-refractivity contribution in [2.75, 3.05) is 0 Å². The summed E-state index contributed by atoms with van der Waals surface area (Å²) in [7, 11) is 0. The van der Waals surface area contributed by atoms with Crippen LogP contribution in [0.25, 0.3) is 0 Å². The Morgan fingerprint density at radius 3 is 2.64 bits per heavy atom. The Labute approximate surface area is 66.3 Å². The third-order valence-corrected chi connectivity index (χ3v) is 1.26. The van der Waals surface area contributed by atoms with Crippen molar-refractivity contribution in [1.29, 1.82) is 0 Å². The first-order valence-electron chi connectivity index (χ1n) is 3.66. The van der Waals surface area contributed by atoms with Gasteiger partial charge in [-0.1, -0.05) is 13.3 Å². The van der Waals surface area contributed by atoms with Crippen molar-refractivity contribution in [1.82, 2.24) is 0 Å². The second-order valence-electron chi connectivity index (χ2n) is 2.34. The summed E-state index contributed by atoms with van der Waals surface area (Å²) >= 11 is 0. The molecule has 0 aromatic carbocycles. The van der Waals surface area contributed by atoms with E-state index in [-0.39, 0.29) is 6.29 Å². The Morgan fingerprint density at radius 2 is 2.18 bits per heavy atom. The summed E-state index contributed by atoms with van der Waals surface area (Å²) in [6.07, 6.45) is 4.12. The fourth-order valence-corrected chi connectivity index (χ4v) is 0.670. The van der Waals surface area contributed by atoms with E-state index in [9.17, 15) is 9.59 Å². The van der Waals surface area contributed by atoms with Crippen molar-refractivity contribution in [2.45, 2.75) is 26.2 Å². The maximum atomic E-state index is 10.5. The molecule has 0 unspecified atom stereocenters. The molecular weight excluding hydrogens is 142 g/mol. The number of rotatable bonds is 5. The molecule has 3 heteroatoms. The van der Waals surface area contributed by atoms with Crippen molar-refractivity contribution >= 4 is 12.1 Å². The van der Waals surface area contributed by atoms with Gasteiger partial charge in [-0.15, -0.1) is 0 Å². The predicted molar refractivity (Wildman–Crippen MR) is 42.9 cm³/mol. The normalized spacial score (nSPS) is 11.2. The van der Waals surface area contributed by atoms with Gasteiger partial charge in [0.2, 0.25) is 5.78 Å². The van der Waals surface area contributed by atoms with Crippen LogP contribution in [0, 0.1) is 0 Å². The highest BCUT2D eigenvalue weighted by Crippen LogP contribution is 2.00. The summed E-state index contributed by atoms with van der Waals surface area (Å²) < 4.78 is 0. The van der Waals surface area contributed by atoms with E-state index < -0.39 is 5.78 Å².